The molecule has 0 spiro atoms. The number of unbranched alkanes of at least 4 members (excludes halogenated alkanes) is 4. The minimum atomic E-state index is 0.275. The van der Waals surface area contributed by atoms with Crippen LogP contribution in [-0.2, 0) is 0 Å². The zero-order valence-electron chi connectivity index (χ0n) is 9.53. The van der Waals surface area contributed by atoms with E-state index < -0.39 is 0 Å². The fourth-order valence-corrected chi connectivity index (χ4v) is 1.26. The molecule has 80 valence electrons. The average Bonchev–Trinajstić information content (AvgIpc) is 2.01. The Morgan fingerprint density at radius 2 is 1.46 bits per heavy atom. The standard InChI is InChI=1S/C11H26N2/c1-11(2,3)13-10-8-6-4-5-7-9-12/h13H,4-10,12H2,1-3H3. The van der Waals surface area contributed by atoms with E-state index in [9.17, 15) is 0 Å². The Balaban J connectivity index is 3.00. The van der Waals surface area contributed by atoms with Crippen LogP contribution in [0.5, 0.6) is 0 Å². The van der Waals surface area contributed by atoms with Crippen LogP contribution in [0, 0.1) is 0 Å². The first-order chi connectivity index (χ1) is 6.06. The van der Waals surface area contributed by atoms with Gasteiger partial charge in [0.05, 0.1) is 0 Å². The van der Waals surface area contributed by atoms with Crippen LogP contribution < -0.4 is 11.1 Å². The Hall–Kier alpha value is -0.0800. The van der Waals surface area contributed by atoms with Gasteiger partial charge in [-0.25, -0.2) is 0 Å². The van der Waals surface area contributed by atoms with Crippen LogP contribution in [0.3, 0.4) is 0 Å². The molecule has 0 rings (SSSR count). The summed E-state index contributed by atoms with van der Waals surface area (Å²) in [6.07, 6.45) is 6.45. The molecule has 0 unspecified atom stereocenters. The van der Waals surface area contributed by atoms with Gasteiger partial charge in [-0.05, 0) is 46.7 Å². The van der Waals surface area contributed by atoms with Gasteiger partial charge in [-0.1, -0.05) is 19.3 Å². The molecule has 0 fully saturated rings. The summed E-state index contributed by atoms with van der Waals surface area (Å²) in [5.41, 5.74) is 5.69. The Labute approximate surface area is 83.3 Å². The average molecular weight is 186 g/mol. The van der Waals surface area contributed by atoms with Gasteiger partial charge < -0.3 is 11.1 Å². The second kappa shape index (κ2) is 7.34. The summed E-state index contributed by atoms with van der Waals surface area (Å²) >= 11 is 0. The SMILES string of the molecule is CC(C)(C)NCCCCCCCN. The van der Waals surface area contributed by atoms with Crippen molar-refractivity contribution in [1.29, 1.82) is 0 Å². The summed E-state index contributed by atoms with van der Waals surface area (Å²) in [7, 11) is 0. The van der Waals surface area contributed by atoms with E-state index >= 15 is 0 Å². The van der Waals surface area contributed by atoms with E-state index in [2.05, 4.69) is 26.1 Å². The highest BCUT2D eigenvalue weighted by molar-refractivity contribution is 4.69. The summed E-state index contributed by atoms with van der Waals surface area (Å²) in [4.78, 5) is 0. The van der Waals surface area contributed by atoms with Crippen LogP contribution in [0.4, 0.5) is 0 Å². The number of nitrogens with two attached hydrogens (primary N) is 1. The second-order valence-corrected chi connectivity index (χ2v) is 4.73. The molecule has 0 atom stereocenters. The van der Waals surface area contributed by atoms with Gasteiger partial charge in [0.15, 0.2) is 0 Å². The molecule has 0 aliphatic carbocycles. The third kappa shape index (κ3) is 11.9. The summed E-state index contributed by atoms with van der Waals surface area (Å²) in [6.45, 7) is 8.62. The fourth-order valence-electron chi connectivity index (χ4n) is 1.26. The van der Waals surface area contributed by atoms with Crippen molar-refractivity contribution in [3.63, 3.8) is 0 Å². The summed E-state index contributed by atoms with van der Waals surface area (Å²) in [5, 5.41) is 3.49. The van der Waals surface area contributed by atoms with Gasteiger partial charge in [0.25, 0.3) is 0 Å². The lowest BCUT2D eigenvalue weighted by Gasteiger charge is -2.20. The van der Waals surface area contributed by atoms with E-state index in [0.717, 1.165) is 13.1 Å². The van der Waals surface area contributed by atoms with E-state index in [1.165, 1.54) is 32.1 Å². The molecule has 0 bridgehead atoms. The molecule has 0 aromatic rings. The molecule has 0 aliphatic rings. The molecule has 0 amide bonds. The number of hydrogen-bond donors (Lipinski definition) is 2. The van der Waals surface area contributed by atoms with Crippen LogP contribution in [0.1, 0.15) is 52.9 Å². The lowest BCUT2D eigenvalue weighted by Crippen LogP contribution is -2.36. The molecule has 0 saturated carbocycles. The zero-order valence-corrected chi connectivity index (χ0v) is 9.53. The molecular formula is C11H26N2. The lowest BCUT2D eigenvalue weighted by atomic mass is 10.1. The molecule has 0 saturated heterocycles. The van der Waals surface area contributed by atoms with Crippen LogP contribution in [-0.4, -0.2) is 18.6 Å². The molecular weight excluding hydrogens is 160 g/mol. The van der Waals surface area contributed by atoms with Crippen LogP contribution >= 0.6 is 0 Å². The van der Waals surface area contributed by atoms with Crippen molar-refractivity contribution >= 4 is 0 Å². The number of nitrogens with one attached hydrogen (secondary N) is 1. The largest absolute Gasteiger partial charge is 0.330 e. The van der Waals surface area contributed by atoms with Crippen molar-refractivity contribution < 1.29 is 0 Å². The highest BCUT2D eigenvalue weighted by Gasteiger charge is 2.06. The molecule has 0 aliphatic heterocycles. The molecule has 13 heavy (non-hydrogen) atoms. The van der Waals surface area contributed by atoms with Crippen molar-refractivity contribution in [2.75, 3.05) is 13.1 Å². The molecule has 3 N–H and O–H groups in total. The molecule has 2 heteroatoms. The lowest BCUT2D eigenvalue weighted by molar-refractivity contribution is 0.415. The maximum atomic E-state index is 5.41. The minimum absolute atomic E-state index is 0.275. The van der Waals surface area contributed by atoms with Gasteiger partial charge in [0, 0.05) is 5.54 Å². The fraction of sp³-hybridized carbons (Fsp3) is 1.00. The first-order valence-corrected chi connectivity index (χ1v) is 5.51. The van der Waals surface area contributed by atoms with E-state index in [4.69, 9.17) is 5.73 Å². The Morgan fingerprint density at radius 3 is 2.00 bits per heavy atom. The maximum Gasteiger partial charge on any atom is 0.00965 e. The van der Waals surface area contributed by atoms with Crippen LogP contribution in [0.2, 0.25) is 0 Å². The van der Waals surface area contributed by atoms with Gasteiger partial charge in [0.1, 0.15) is 0 Å². The quantitative estimate of drug-likeness (QED) is 0.599. The highest BCUT2D eigenvalue weighted by Crippen LogP contribution is 2.03. The first kappa shape index (κ1) is 12.9. The molecule has 0 radical (unpaired) electrons. The smallest absolute Gasteiger partial charge is 0.00965 e. The molecule has 2 nitrogen and oxygen atoms in total. The maximum absolute atomic E-state index is 5.41. The van der Waals surface area contributed by atoms with Gasteiger partial charge in [-0.15, -0.1) is 0 Å². The molecule has 0 heterocycles. The summed E-state index contributed by atoms with van der Waals surface area (Å²) < 4.78 is 0. The summed E-state index contributed by atoms with van der Waals surface area (Å²) in [5.74, 6) is 0. The first-order valence-electron chi connectivity index (χ1n) is 5.51. The van der Waals surface area contributed by atoms with E-state index in [1.807, 2.05) is 0 Å². The Bertz CT molecular complexity index is 105. The molecule has 0 aromatic heterocycles. The normalized spacial score (nSPS) is 12.0. The van der Waals surface area contributed by atoms with E-state index in [0.29, 0.717) is 0 Å². The predicted octanol–water partition coefficient (Wildman–Crippen LogP) is 2.28. The van der Waals surface area contributed by atoms with Crippen molar-refractivity contribution in [3.8, 4) is 0 Å². The Kier molecular flexibility index (Phi) is 7.29. The van der Waals surface area contributed by atoms with Crippen LogP contribution in [0.15, 0.2) is 0 Å². The van der Waals surface area contributed by atoms with Gasteiger partial charge >= 0.3 is 0 Å². The van der Waals surface area contributed by atoms with Crippen molar-refractivity contribution in [2.45, 2.75) is 58.4 Å². The number of rotatable bonds is 7. The van der Waals surface area contributed by atoms with E-state index in [-0.39, 0.29) is 5.54 Å². The van der Waals surface area contributed by atoms with Crippen molar-refractivity contribution in [3.05, 3.63) is 0 Å². The highest BCUT2D eigenvalue weighted by atomic mass is 14.9. The predicted molar refractivity (Wildman–Crippen MR) is 59.9 cm³/mol. The van der Waals surface area contributed by atoms with Crippen LogP contribution in [0.25, 0.3) is 0 Å². The zero-order chi connectivity index (χ0) is 10.2. The van der Waals surface area contributed by atoms with Crippen molar-refractivity contribution in [1.82, 2.24) is 5.32 Å². The summed E-state index contributed by atoms with van der Waals surface area (Å²) in [6, 6.07) is 0. The van der Waals surface area contributed by atoms with Gasteiger partial charge in [0.2, 0.25) is 0 Å². The Morgan fingerprint density at radius 1 is 0.923 bits per heavy atom. The van der Waals surface area contributed by atoms with Gasteiger partial charge in [-0.3, -0.25) is 0 Å². The third-order valence-electron chi connectivity index (χ3n) is 2.04. The van der Waals surface area contributed by atoms with Gasteiger partial charge in [-0.2, -0.15) is 0 Å². The monoisotopic (exact) mass is 186 g/mol. The minimum Gasteiger partial charge on any atom is -0.330 e. The second-order valence-electron chi connectivity index (χ2n) is 4.73. The van der Waals surface area contributed by atoms with E-state index in [1.54, 1.807) is 0 Å². The number of hydrogen-bond acceptors (Lipinski definition) is 2. The molecule has 0 aromatic carbocycles. The topological polar surface area (TPSA) is 38.0 Å². The van der Waals surface area contributed by atoms with Crippen molar-refractivity contribution in [2.24, 2.45) is 5.73 Å². The third-order valence-corrected chi connectivity index (χ3v) is 2.04.